The van der Waals surface area contributed by atoms with Crippen LogP contribution >= 0.6 is 11.3 Å². The second kappa shape index (κ2) is 4.19. The van der Waals surface area contributed by atoms with Gasteiger partial charge < -0.3 is 0 Å². The number of hydrogen-bond acceptors (Lipinski definition) is 3. The van der Waals surface area contributed by atoms with Crippen molar-refractivity contribution < 1.29 is 9.59 Å². The summed E-state index contributed by atoms with van der Waals surface area (Å²) < 4.78 is 0. The Hall–Kier alpha value is -1.74. The van der Waals surface area contributed by atoms with Crippen LogP contribution in [0.15, 0.2) is 35.7 Å². The molecule has 0 radical (unpaired) electrons. The molecule has 1 aromatic heterocycles. The van der Waals surface area contributed by atoms with Crippen LogP contribution < -0.4 is 0 Å². The van der Waals surface area contributed by atoms with Gasteiger partial charge in [0, 0.05) is 21.4 Å². The Morgan fingerprint density at radius 2 is 1.60 bits per heavy atom. The SMILES string of the molecule is O=Cc1ccc(-c2cc(C=O)cs2)cc1. The van der Waals surface area contributed by atoms with Crippen LogP contribution in [0.1, 0.15) is 20.7 Å². The van der Waals surface area contributed by atoms with Crippen molar-refractivity contribution in [2.75, 3.05) is 0 Å². The van der Waals surface area contributed by atoms with Gasteiger partial charge in [-0.05, 0) is 11.6 Å². The van der Waals surface area contributed by atoms with E-state index >= 15 is 0 Å². The fourth-order valence-corrected chi connectivity index (χ4v) is 2.15. The highest BCUT2D eigenvalue weighted by Crippen LogP contribution is 2.26. The molecule has 2 nitrogen and oxygen atoms in total. The van der Waals surface area contributed by atoms with Crippen LogP contribution in [0.2, 0.25) is 0 Å². The lowest BCUT2D eigenvalue weighted by molar-refractivity contribution is 0.111. The third-order valence-electron chi connectivity index (χ3n) is 2.09. The number of rotatable bonds is 3. The maximum absolute atomic E-state index is 10.5. The van der Waals surface area contributed by atoms with Gasteiger partial charge in [-0.15, -0.1) is 11.3 Å². The molecular formula is C12H8O2S. The van der Waals surface area contributed by atoms with E-state index in [1.165, 1.54) is 11.3 Å². The molecule has 0 fully saturated rings. The number of thiophene rings is 1. The van der Waals surface area contributed by atoms with Crippen LogP contribution in [-0.2, 0) is 0 Å². The Morgan fingerprint density at radius 3 is 2.13 bits per heavy atom. The highest BCUT2D eigenvalue weighted by atomic mass is 32.1. The molecule has 2 aromatic rings. The minimum absolute atomic E-state index is 0.658. The second-order valence-electron chi connectivity index (χ2n) is 3.10. The molecule has 3 heteroatoms. The van der Waals surface area contributed by atoms with E-state index in [2.05, 4.69) is 0 Å². The van der Waals surface area contributed by atoms with Crippen LogP contribution in [0.25, 0.3) is 10.4 Å². The first-order valence-electron chi connectivity index (χ1n) is 4.43. The van der Waals surface area contributed by atoms with Crippen molar-refractivity contribution in [1.29, 1.82) is 0 Å². The molecule has 1 aromatic carbocycles. The molecule has 0 amide bonds. The zero-order valence-electron chi connectivity index (χ0n) is 7.84. The summed E-state index contributed by atoms with van der Waals surface area (Å²) in [5, 5.41) is 1.82. The summed E-state index contributed by atoms with van der Waals surface area (Å²) in [6.45, 7) is 0. The normalized spacial score (nSPS) is 9.87. The summed E-state index contributed by atoms with van der Waals surface area (Å²) in [5.74, 6) is 0. The van der Waals surface area contributed by atoms with Crippen LogP contribution in [0.4, 0.5) is 0 Å². The number of benzene rings is 1. The predicted octanol–water partition coefficient (Wildman–Crippen LogP) is 3.04. The highest BCUT2D eigenvalue weighted by Gasteiger charge is 2.01. The Balaban J connectivity index is 2.36. The van der Waals surface area contributed by atoms with Crippen molar-refractivity contribution in [3.63, 3.8) is 0 Å². The first kappa shape index (κ1) is 9.80. The third-order valence-corrected chi connectivity index (χ3v) is 3.08. The van der Waals surface area contributed by atoms with Gasteiger partial charge in [0.25, 0.3) is 0 Å². The highest BCUT2D eigenvalue weighted by molar-refractivity contribution is 7.13. The van der Waals surface area contributed by atoms with Gasteiger partial charge in [0.05, 0.1) is 0 Å². The second-order valence-corrected chi connectivity index (χ2v) is 4.01. The molecule has 0 bridgehead atoms. The average molecular weight is 216 g/mol. The van der Waals surface area contributed by atoms with Crippen molar-refractivity contribution in [3.05, 3.63) is 46.8 Å². The zero-order chi connectivity index (χ0) is 10.7. The molecular weight excluding hydrogens is 208 g/mol. The van der Waals surface area contributed by atoms with Gasteiger partial charge in [0.2, 0.25) is 0 Å². The predicted molar refractivity (Wildman–Crippen MR) is 60.5 cm³/mol. The lowest BCUT2D eigenvalue weighted by Crippen LogP contribution is -1.78. The molecule has 2 rings (SSSR count). The largest absolute Gasteiger partial charge is 0.298 e. The standard InChI is InChI=1S/C12H8O2S/c13-6-9-1-3-11(4-2-9)12-5-10(7-14)8-15-12/h1-8H. The molecule has 0 atom stereocenters. The zero-order valence-corrected chi connectivity index (χ0v) is 8.66. The van der Waals surface area contributed by atoms with E-state index in [0.29, 0.717) is 11.1 Å². The summed E-state index contributed by atoms with van der Waals surface area (Å²) in [4.78, 5) is 22.0. The maximum Gasteiger partial charge on any atom is 0.150 e. The van der Waals surface area contributed by atoms with Gasteiger partial charge >= 0.3 is 0 Å². The molecule has 74 valence electrons. The van der Waals surface area contributed by atoms with Crippen molar-refractivity contribution in [2.45, 2.75) is 0 Å². The smallest absolute Gasteiger partial charge is 0.150 e. The number of carbonyl (C=O) groups is 2. The molecule has 0 saturated heterocycles. The topological polar surface area (TPSA) is 34.1 Å². The summed E-state index contributed by atoms with van der Waals surface area (Å²) in [5.41, 5.74) is 2.37. The quantitative estimate of drug-likeness (QED) is 0.739. The van der Waals surface area contributed by atoms with Crippen LogP contribution in [0.5, 0.6) is 0 Å². The summed E-state index contributed by atoms with van der Waals surface area (Å²) in [6.07, 6.45) is 1.65. The Bertz CT molecular complexity index is 483. The minimum atomic E-state index is 0.658. The van der Waals surface area contributed by atoms with E-state index in [9.17, 15) is 9.59 Å². The van der Waals surface area contributed by atoms with Crippen molar-refractivity contribution in [1.82, 2.24) is 0 Å². The van der Waals surface area contributed by atoms with Crippen molar-refractivity contribution >= 4 is 23.9 Å². The first-order chi connectivity index (χ1) is 7.33. The average Bonchev–Trinajstić information content (AvgIpc) is 2.78. The molecule has 0 saturated carbocycles. The van der Waals surface area contributed by atoms with Gasteiger partial charge in [0.15, 0.2) is 6.29 Å². The van der Waals surface area contributed by atoms with Crippen LogP contribution in [0.3, 0.4) is 0 Å². The van der Waals surface area contributed by atoms with E-state index in [4.69, 9.17) is 0 Å². The van der Waals surface area contributed by atoms with E-state index < -0.39 is 0 Å². The molecule has 0 aliphatic heterocycles. The van der Waals surface area contributed by atoms with Crippen LogP contribution in [0, 0.1) is 0 Å². The van der Waals surface area contributed by atoms with E-state index in [1.54, 1.807) is 12.1 Å². The molecule has 0 aliphatic carbocycles. The first-order valence-corrected chi connectivity index (χ1v) is 5.31. The van der Waals surface area contributed by atoms with Crippen LogP contribution in [-0.4, -0.2) is 12.6 Å². The lowest BCUT2D eigenvalue weighted by Gasteiger charge is -1.96. The molecule has 0 unspecified atom stereocenters. The Morgan fingerprint density at radius 1 is 0.933 bits per heavy atom. The number of hydrogen-bond donors (Lipinski definition) is 0. The van der Waals surface area contributed by atoms with Gasteiger partial charge in [-0.2, -0.15) is 0 Å². The van der Waals surface area contributed by atoms with Crippen molar-refractivity contribution in [3.8, 4) is 10.4 Å². The monoisotopic (exact) mass is 216 g/mol. The molecule has 0 spiro atoms. The Kier molecular flexibility index (Phi) is 2.74. The molecule has 0 N–H and O–H groups in total. The van der Waals surface area contributed by atoms with Gasteiger partial charge in [-0.1, -0.05) is 24.3 Å². The van der Waals surface area contributed by atoms with Crippen molar-refractivity contribution in [2.24, 2.45) is 0 Å². The van der Waals surface area contributed by atoms with Gasteiger partial charge in [-0.3, -0.25) is 9.59 Å². The summed E-state index contributed by atoms with van der Waals surface area (Å²) in [7, 11) is 0. The fourth-order valence-electron chi connectivity index (χ4n) is 1.29. The number of carbonyl (C=O) groups excluding carboxylic acids is 2. The van der Waals surface area contributed by atoms with E-state index in [-0.39, 0.29) is 0 Å². The molecule has 1 heterocycles. The minimum Gasteiger partial charge on any atom is -0.298 e. The lowest BCUT2D eigenvalue weighted by atomic mass is 10.1. The van der Waals surface area contributed by atoms with Gasteiger partial charge in [0.1, 0.15) is 6.29 Å². The van der Waals surface area contributed by atoms with Gasteiger partial charge in [-0.25, -0.2) is 0 Å². The molecule has 15 heavy (non-hydrogen) atoms. The fraction of sp³-hybridized carbons (Fsp3) is 0. The maximum atomic E-state index is 10.5. The summed E-state index contributed by atoms with van der Waals surface area (Å²) in [6, 6.07) is 9.13. The number of aldehydes is 2. The third kappa shape index (κ3) is 2.02. The summed E-state index contributed by atoms with van der Waals surface area (Å²) >= 11 is 1.52. The molecule has 0 aliphatic rings. The van der Waals surface area contributed by atoms with E-state index in [1.807, 2.05) is 23.6 Å². The Labute approximate surface area is 91.2 Å². The van der Waals surface area contributed by atoms with E-state index in [0.717, 1.165) is 23.0 Å².